The third-order valence-electron chi connectivity index (χ3n) is 5.91. The number of benzene rings is 2. The Labute approximate surface area is 140 Å². The molecular formula is C18H26Si4. The molecule has 0 atom stereocenters. The maximum Gasteiger partial charge on any atom is 0.0791 e. The quantitative estimate of drug-likeness (QED) is 0.635. The second kappa shape index (κ2) is 5.16. The summed E-state index contributed by atoms with van der Waals surface area (Å²) < 4.78 is 0. The Bertz CT molecular complexity index is 717. The molecular weight excluding hydrogens is 329 g/mol. The van der Waals surface area contributed by atoms with Crippen LogP contribution in [0, 0.1) is 0 Å². The highest BCUT2D eigenvalue weighted by Crippen LogP contribution is 2.20. The Morgan fingerprint density at radius 1 is 0.636 bits per heavy atom. The van der Waals surface area contributed by atoms with Crippen LogP contribution in [-0.2, 0) is 0 Å². The first kappa shape index (κ1) is 16.2. The first-order valence-electron chi connectivity index (χ1n) is 8.14. The van der Waals surface area contributed by atoms with Crippen molar-refractivity contribution in [3.8, 4) is 0 Å². The lowest BCUT2D eigenvalue weighted by atomic mass is 10.4. The number of hydrogen-bond donors (Lipinski definition) is 0. The lowest BCUT2D eigenvalue weighted by Gasteiger charge is -2.41. The molecule has 2 aromatic rings. The van der Waals surface area contributed by atoms with Gasteiger partial charge >= 0.3 is 0 Å². The molecule has 0 N–H and O–H groups in total. The van der Waals surface area contributed by atoms with E-state index in [0.717, 1.165) is 9.04 Å². The van der Waals surface area contributed by atoms with Gasteiger partial charge < -0.3 is 0 Å². The molecule has 4 bridgehead atoms. The molecule has 2 radical (unpaired) electrons. The molecule has 1 aliphatic heterocycles. The molecule has 114 valence electrons. The predicted molar refractivity (Wildman–Crippen MR) is 110 cm³/mol. The predicted octanol–water partition coefficient (Wildman–Crippen LogP) is 2.05. The fourth-order valence-electron chi connectivity index (χ4n) is 3.44. The molecule has 1 aliphatic rings. The summed E-state index contributed by atoms with van der Waals surface area (Å²) in [7, 11) is -3.34. The first-order valence-corrected chi connectivity index (χ1v) is 20.1. The second-order valence-electron chi connectivity index (χ2n) is 8.16. The minimum absolute atomic E-state index is 0.970. The molecule has 0 spiro atoms. The van der Waals surface area contributed by atoms with Gasteiger partial charge in [0.15, 0.2) is 0 Å². The van der Waals surface area contributed by atoms with E-state index in [1.807, 2.05) is 0 Å². The molecule has 0 amide bonds. The largest absolute Gasteiger partial charge is 0.0791 e. The van der Waals surface area contributed by atoms with Crippen molar-refractivity contribution in [3.05, 3.63) is 48.5 Å². The van der Waals surface area contributed by atoms with Crippen molar-refractivity contribution in [2.75, 3.05) is 0 Å². The summed E-state index contributed by atoms with van der Waals surface area (Å²) in [6, 6.07) is 19.4. The van der Waals surface area contributed by atoms with E-state index in [9.17, 15) is 0 Å². The van der Waals surface area contributed by atoms with Gasteiger partial charge in [-0.1, -0.05) is 109 Å². The van der Waals surface area contributed by atoms with Gasteiger partial charge in [0.05, 0.1) is 31.8 Å². The van der Waals surface area contributed by atoms with Crippen LogP contribution in [0.25, 0.3) is 0 Å². The lowest BCUT2D eigenvalue weighted by Crippen LogP contribution is -2.70. The zero-order chi connectivity index (χ0) is 16.2. The number of rotatable bonds is 0. The van der Waals surface area contributed by atoms with Crippen molar-refractivity contribution in [1.29, 1.82) is 0 Å². The van der Waals surface area contributed by atoms with Crippen LogP contribution in [0.1, 0.15) is 0 Å². The molecule has 1 heterocycles. The molecule has 0 aromatic heterocycles. The van der Waals surface area contributed by atoms with Gasteiger partial charge in [0.25, 0.3) is 0 Å². The molecule has 2 aromatic carbocycles. The zero-order valence-corrected chi connectivity index (χ0v) is 18.6. The molecule has 22 heavy (non-hydrogen) atoms. The second-order valence-corrected chi connectivity index (χ2v) is 32.5. The molecule has 4 heteroatoms. The maximum absolute atomic E-state index is 2.60. The Morgan fingerprint density at radius 2 is 1.14 bits per heavy atom. The van der Waals surface area contributed by atoms with Gasteiger partial charge in [0.2, 0.25) is 0 Å². The molecule has 0 unspecified atom stereocenters. The third kappa shape index (κ3) is 2.46. The fourth-order valence-corrected chi connectivity index (χ4v) is 18.3. The fraction of sp³-hybridized carbons (Fsp3) is 0.333. The van der Waals surface area contributed by atoms with Crippen molar-refractivity contribution in [3.63, 3.8) is 0 Å². The monoisotopic (exact) mass is 354 g/mol. The van der Waals surface area contributed by atoms with Gasteiger partial charge in [-0.2, -0.15) is 0 Å². The van der Waals surface area contributed by atoms with E-state index in [-0.39, 0.29) is 0 Å². The van der Waals surface area contributed by atoms with E-state index in [1.165, 1.54) is 0 Å². The van der Waals surface area contributed by atoms with E-state index < -0.39 is 22.8 Å². The molecule has 3 rings (SSSR count). The van der Waals surface area contributed by atoms with E-state index in [2.05, 4.69) is 87.8 Å². The van der Waals surface area contributed by atoms with Gasteiger partial charge in [-0.05, 0) is 0 Å². The van der Waals surface area contributed by atoms with Gasteiger partial charge in [-0.25, -0.2) is 0 Å². The SMILES string of the molecule is C[Si]1(C)[Si]c2cccc(c2)[Si](C)(C)[Si](C)(C)c2cccc1c2. The van der Waals surface area contributed by atoms with E-state index in [0.29, 0.717) is 0 Å². The van der Waals surface area contributed by atoms with Crippen molar-refractivity contribution >= 4 is 52.6 Å². The Balaban J connectivity index is 2.32. The Kier molecular flexibility index (Phi) is 3.79. The van der Waals surface area contributed by atoms with Crippen molar-refractivity contribution in [2.24, 2.45) is 0 Å². The maximum atomic E-state index is 2.60. The molecule has 0 fully saturated rings. The third-order valence-corrected chi connectivity index (χ3v) is 30.2. The summed E-state index contributed by atoms with van der Waals surface area (Å²) in [5, 5.41) is 6.60. The minimum atomic E-state index is -1.47. The Morgan fingerprint density at radius 3 is 1.77 bits per heavy atom. The normalized spacial score (nSPS) is 21.2. The van der Waals surface area contributed by atoms with Gasteiger partial charge in [0.1, 0.15) is 0 Å². The number of fused-ring (bicyclic) bond motifs is 4. The topological polar surface area (TPSA) is 0 Å². The highest BCUT2D eigenvalue weighted by atomic mass is 29.3. The van der Waals surface area contributed by atoms with Crippen LogP contribution >= 0.6 is 0 Å². The van der Waals surface area contributed by atoms with Crippen molar-refractivity contribution in [1.82, 2.24) is 0 Å². The first-order chi connectivity index (χ1) is 10.1. The Hall–Kier alpha value is -0.692. The van der Waals surface area contributed by atoms with Crippen LogP contribution in [-0.4, -0.2) is 31.8 Å². The summed E-state index contributed by atoms with van der Waals surface area (Å²) in [6.07, 6.45) is 0. The number of hydrogen-bond acceptors (Lipinski definition) is 0. The zero-order valence-electron chi connectivity index (χ0n) is 14.6. The van der Waals surface area contributed by atoms with Crippen LogP contribution in [0.15, 0.2) is 48.5 Å². The minimum Gasteiger partial charge on any atom is -0.0675 e. The smallest absolute Gasteiger partial charge is 0.0675 e. The van der Waals surface area contributed by atoms with Crippen LogP contribution in [0.3, 0.4) is 0 Å². The summed E-state index contributed by atoms with van der Waals surface area (Å²) in [6.45, 7) is 15.5. The van der Waals surface area contributed by atoms with Crippen LogP contribution < -0.4 is 20.7 Å². The van der Waals surface area contributed by atoms with E-state index >= 15 is 0 Å². The highest BCUT2D eigenvalue weighted by molar-refractivity contribution is 7.50. The van der Waals surface area contributed by atoms with E-state index in [1.54, 1.807) is 20.7 Å². The summed E-state index contributed by atoms with van der Waals surface area (Å²) in [5.41, 5.74) is 0. The standard InChI is InChI=1S/C18H26Si4/c1-20(2)16-10-8-12-18(14-16)22(5,6)21(3,4)17-11-7-9-15(13-17)19-20/h7-14H,1-6H3. The molecule has 0 saturated carbocycles. The molecule has 0 aliphatic carbocycles. The van der Waals surface area contributed by atoms with Crippen molar-refractivity contribution in [2.45, 2.75) is 39.3 Å². The van der Waals surface area contributed by atoms with E-state index in [4.69, 9.17) is 0 Å². The summed E-state index contributed by atoms with van der Waals surface area (Å²) in [4.78, 5) is 0. The van der Waals surface area contributed by atoms with Crippen molar-refractivity contribution < 1.29 is 0 Å². The average molecular weight is 355 g/mol. The summed E-state index contributed by atoms with van der Waals surface area (Å²) in [5.74, 6) is 0. The van der Waals surface area contributed by atoms with Gasteiger partial charge in [0, 0.05) is 0 Å². The van der Waals surface area contributed by atoms with Crippen LogP contribution in [0.5, 0.6) is 0 Å². The van der Waals surface area contributed by atoms with Gasteiger partial charge in [-0.15, -0.1) is 0 Å². The highest BCUT2D eigenvalue weighted by Gasteiger charge is 2.44. The molecule has 0 nitrogen and oxygen atoms in total. The average Bonchev–Trinajstić information content (AvgIpc) is 2.46. The lowest BCUT2D eigenvalue weighted by molar-refractivity contribution is 1.69. The van der Waals surface area contributed by atoms with Crippen LogP contribution in [0.2, 0.25) is 39.3 Å². The van der Waals surface area contributed by atoms with Gasteiger partial charge in [-0.3, -0.25) is 0 Å². The molecule has 0 saturated heterocycles. The summed E-state index contributed by atoms with van der Waals surface area (Å²) >= 11 is 0. The van der Waals surface area contributed by atoms with Crippen LogP contribution in [0.4, 0.5) is 0 Å².